The molecule has 19 heavy (non-hydrogen) atoms. The predicted molar refractivity (Wildman–Crippen MR) is 78.1 cm³/mol. The number of halogens is 1. The first-order chi connectivity index (χ1) is 9.04. The summed E-state index contributed by atoms with van der Waals surface area (Å²) < 4.78 is 2.77. The fourth-order valence-electron chi connectivity index (χ4n) is 2.09. The number of hydrogen-bond donors (Lipinski definition) is 2. The molecule has 1 rings (SSSR count). The lowest BCUT2D eigenvalue weighted by Gasteiger charge is -2.29. The summed E-state index contributed by atoms with van der Waals surface area (Å²) >= 11 is 3.34. The number of carboxylic acid groups (broad SMARTS) is 1. The Balaban J connectivity index is 2.54. The first-order valence-corrected chi connectivity index (χ1v) is 7.49. The summed E-state index contributed by atoms with van der Waals surface area (Å²) in [6.45, 7) is 5.42. The summed E-state index contributed by atoms with van der Waals surface area (Å²) in [5.41, 5.74) is -0.805. The SMILES string of the molecule is CCCNC(CC)(CCCn1cc(Br)cn1)C(=O)O. The molecule has 1 heterocycles. The Bertz CT molecular complexity index is 408. The Morgan fingerprint density at radius 3 is 2.79 bits per heavy atom. The molecule has 0 spiro atoms. The highest BCUT2D eigenvalue weighted by atomic mass is 79.9. The second kappa shape index (κ2) is 7.65. The van der Waals surface area contributed by atoms with E-state index < -0.39 is 11.5 Å². The van der Waals surface area contributed by atoms with E-state index >= 15 is 0 Å². The first kappa shape index (κ1) is 16.2. The third-order valence-electron chi connectivity index (χ3n) is 3.32. The Morgan fingerprint density at radius 2 is 2.32 bits per heavy atom. The van der Waals surface area contributed by atoms with Gasteiger partial charge in [0.25, 0.3) is 0 Å². The molecule has 6 heteroatoms. The van der Waals surface area contributed by atoms with E-state index in [1.807, 2.05) is 24.7 Å². The molecule has 0 saturated heterocycles. The second-order valence-corrected chi connectivity index (χ2v) is 5.61. The van der Waals surface area contributed by atoms with Crippen molar-refractivity contribution in [2.24, 2.45) is 0 Å². The van der Waals surface area contributed by atoms with Crippen molar-refractivity contribution in [2.75, 3.05) is 6.54 Å². The van der Waals surface area contributed by atoms with E-state index in [0.717, 1.165) is 30.4 Å². The molecular weight excluding hydrogens is 310 g/mol. The van der Waals surface area contributed by atoms with Crippen molar-refractivity contribution < 1.29 is 9.90 Å². The van der Waals surface area contributed by atoms with Crippen LogP contribution in [0.4, 0.5) is 0 Å². The van der Waals surface area contributed by atoms with Crippen LogP contribution >= 0.6 is 15.9 Å². The molecule has 0 aliphatic carbocycles. The van der Waals surface area contributed by atoms with Crippen LogP contribution in [-0.2, 0) is 11.3 Å². The molecule has 1 aromatic rings. The largest absolute Gasteiger partial charge is 0.480 e. The van der Waals surface area contributed by atoms with Crippen molar-refractivity contribution in [2.45, 2.75) is 51.6 Å². The minimum absolute atomic E-state index is 0.588. The van der Waals surface area contributed by atoms with Crippen LogP contribution in [0.15, 0.2) is 16.9 Å². The maximum absolute atomic E-state index is 11.5. The maximum Gasteiger partial charge on any atom is 0.323 e. The molecule has 0 saturated carbocycles. The van der Waals surface area contributed by atoms with Crippen molar-refractivity contribution in [1.29, 1.82) is 0 Å². The van der Waals surface area contributed by atoms with Crippen LogP contribution in [0, 0.1) is 0 Å². The summed E-state index contributed by atoms with van der Waals surface area (Å²) in [5, 5.41) is 16.8. The fourth-order valence-corrected chi connectivity index (χ4v) is 2.42. The highest BCUT2D eigenvalue weighted by Crippen LogP contribution is 2.19. The molecule has 0 fully saturated rings. The molecule has 1 unspecified atom stereocenters. The molecule has 0 amide bonds. The number of nitrogens with zero attached hydrogens (tertiary/aromatic N) is 2. The average molecular weight is 332 g/mol. The lowest BCUT2D eigenvalue weighted by Crippen LogP contribution is -2.52. The molecular formula is C13H22BrN3O2. The minimum Gasteiger partial charge on any atom is -0.480 e. The van der Waals surface area contributed by atoms with Crippen LogP contribution in [0.3, 0.4) is 0 Å². The van der Waals surface area contributed by atoms with Gasteiger partial charge in [0.1, 0.15) is 5.54 Å². The van der Waals surface area contributed by atoms with E-state index in [9.17, 15) is 9.90 Å². The van der Waals surface area contributed by atoms with Crippen LogP contribution in [0.25, 0.3) is 0 Å². The molecule has 0 bridgehead atoms. The number of nitrogens with one attached hydrogen (secondary N) is 1. The standard InChI is InChI=1S/C13H22BrN3O2/c1-3-7-15-13(4-2,12(18)19)6-5-8-17-10-11(14)9-16-17/h9-10,15H,3-8H2,1-2H3,(H,18,19). The summed E-state index contributed by atoms with van der Waals surface area (Å²) in [7, 11) is 0. The van der Waals surface area contributed by atoms with E-state index in [0.29, 0.717) is 12.8 Å². The van der Waals surface area contributed by atoms with Gasteiger partial charge in [-0.2, -0.15) is 5.10 Å². The van der Waals surface area contributed by atoms with Crippen molar-refractivity contribution in [3.63, 3.8) is 0 Å². The normalized spacial score (nSPS) is 14.3. The van der Waals surface area contributed by atoms with Gasteiger partial charge in [0.2, 0.25) is 0 Å². The van der Waals surface area contributed by atoms with E-state index in [1.54, 1.807) is 6.20 Å². The van der Waals surface area contributed by atoms with E-state index in [2.05, 4.69) is 26.3 Å². The number of hydrogen-bond acceptors (Lipinski definition) is 3. The van der Waals surface area contributed by atoms with Crippen molar-refractivity contribution in [3.8, 4) is 0 Å². The van der Waals surface area contributed by atoms with Crippen LogP contribution < -0.4 is 5.32 Å². The Hall–Kier alpha value is -0.880. The zero-order chi connectivity index (χ0) is 14.3. The van der Waals surface area contributed by atoms with E-state index in [-0.39, 0.29) is 0 Å². The summed E-state index contributed by atoms with van der Waals surface area (Å²) in [5.74, 6) is -0.759. The molecule has 0 aromatic carbocycles. The zero-order valence-electron chi connectivity index (χ0n) is 11.5. The van der Waals surface area contributed by atoms with Gasteiger partial charge >= 0.3 is 5.97 Å². The van der Waals surface area contributed by atoms with Gasteiger partial charge in [-0.05, 0) is 48.2 Å². The summed E-state index contributed by atoms with van der Waals surface area (Å²) in [6, 6.07) is 0. The minimum atomic E-state index is -0.805. The number of aromatic nitrogens is 2. The van der Waals surface area contributed by atoms with Gasteiger partial charge in [0, 0.05) is 12.7 Å². The van der Waals surface area contributed by atoms with Gasteiger partial charge in [-0.3, -0.25) is 9.48 Å². The lowest BCUT2D eigenvalue weighted by atomic mass is 9.90. The Morgan fingerprint density at radius 1 is 1.58 bits per heavy atom. The number of rotatable bonds is 9. The van der Waals surface area contributed by atoms with E-state index in [4.69, 9.17) is 0 Å². The van der Waals surface area contributed by atoms with E-state index in [1.165, 1.54) is 0 Å². The van der Waals surface area contributed by atoms with Gasteiger partial charge in [-0.25, -0.2) is 0 Å². The predicted octanol–water partition coefficient (Wildman–Crippen LogP) is 2.66. The molecule has 1 atom stereocenters. The van der Waals surface area contributed by atoms with Crippen molar-refractivity contribution >= 4 is 21.9 Å². The molecule has 108 valence electrons. The topological polar surface area (TPSA) is 67.2 Å². The van der Waals surface area contributed by atoms with Crippen LogP contribution in [0.1, 0.15) is 39.5 Å². The number of aliphatic carboxylic acids is 1. The Labute approximate surface area is 122 Å². The molecule has 5 nitrogen and oxygen atoms in total. The number of aryl methyl sites for hydroxylation is 1. The third kappa shape index (κ3) is 4.62. The van der Waals surface area contributed by atoms with Crippen LogP contribution in [0.5, 0.6) is 0 Å². The smallest absolute Gasteiger partial charge is 0.323 e. The molecule has 1 aromatic heterocycles. The summed E-state index contributed by atoms with van der Waals surface area (Å²) in [4.78, 5) is 11.5. The van der Waals surface area contributed by atoms with Crippen LogP contribution in [-0.4, -0.2) is 32.9 Å². The quantitative estimate of drug-likeness (QED) is 0.730. The molecule has 0 aliphatic rings. The average Bonchev–Trinajstić information content (AvgIpc) is 2.79. The highest BCUT2D eigenvalue weighted by molar-refractivity contribution is 9.10. The zero-order valence-corrected chi connectivity index (χ0v) is 13.1. The molecule has 0 radical (unpaired) electrons. The van der Waals surface area contributed by atoms with Gasteiger partial charge < -0.3 is 10.4 Å². The number of carboxylic acids is 1. The fraction of sp³-hybridized carbons (Fsp3) is 0.692. The van der Waals surface area contributed by atoms with Crippen LogP contribution in [0.2, 0.25) is 0 Å². The van der Waals surface area contributed by atoms with Crippen molar-refractivity contribution in [1.82, 2.24) is 15.1 Å². The van der Waals surface area contributed by atoms with Gasteiger partial charge in [-0.15, -0.1) is 0 Å². The molecule has 0 aliphatic heterocycles. The molecule has 2 N–H and O–H groups in total. The van der Waals surface area contributed by atoms with Crippen molar-refractivity contribution in [3.05, 3.63) is 16.9 Å². The maximum atomic E-state index is 11.5. The van der Waals surface area contributed by atoms with Gasteiger partial charge in [-0.1, -0.05) is 13.8 Å². The highest BCUT2D eigenvalue weighted by Gasteiger charge is 2.35. The van der Waals surface area contributed by atoms with Gasteiger partial charge in [0.15, 0.2) is 0 Å². The monoisotopic (exact) mass is 331 g/mol. The first-order valence-electron chi connectivity index (χ1n) is 6.70. The Kier molecular flexibility index (Phi) is 6.51. The summed E-state index contributed by atoms with van der Waals surface area (Å²) in [6.07, 6.45) is 6.54. The van der Waals surface area contributed by atoms with Gasteiger partial charge in [0.05, 0.1) is 10.7 Å². The third-order valence-corrected chi connectivity index (χ3v) is 3.73. The lowest BCUT2D eigenvalue weighted by molar-refractivity contribution is -0.145. The second-order valence-electron chi connectivity index (χ2n) is 4.69. The number of carbonyl (C=O) groups is 1.